The molecule has 22 heavy (non-hydrogen) atoms. The normalized spacial score (nSPS) is 11.3. The maximum Gasteiger partial charge on any atom is 0.262 e. The Morgan fingerprint density at radius 2 is 1.59 bits per heavy atom. The lowest BCUT2D eigenvalue weighted by molar-refractivity contribution is -0.887. The zero-order valence-corrected chi connectivity index (χ0v) is 13.9. The van der Waals surface area contributed by atoms with E-state index in [4.69, 9.17) is 0 Å². The summed E-state index contributed by atoms with van der Waals surface area (Å²) >= 11 is 0. The molecule has 0 aliphatic rings. The Morgan fingerprint density at radius 1 is 1.00 bits per heavy atom. The van der Waals surface area contributed by atoms with Gasteiger partial charge in [0.05, 0.1) is 20.6 Å². The molecule has 0 radical (unpaired) electrons. The molecule has 0 N–H and O–H groups in total. The number of hydrogen-bond donors (Lipinski definition) is 0. The highest BCUT2D eigenvalue weighted by Crippen LogP contribution is 2.19. The summed E-state index contributed by atoms with van der Waals surface area (Å²) in [6.45, 7) is 5.78. The van der Waals surface area contributed by atoms with Gasteiger partial charge in [-0.1, -0.05) is 35.9 Å². The van der Waals surface area contributed by atoms with Gasteiger partial charge >= 0.3 is 0 Å². The van der Waals surface area contributed by atoms with Crippen molar-refractivity contribution < 1.29 is 9.28 Å². The molecule has 2 rings (SSSR count). The van der Waals surface area contributed by atoms with Crippen molar-refractivity contribution in [3.63, 3.8) is 0 Å². The van der Waals surface area contributed by atoms with Crippen molar-refractivity contribution >= 4 is 11.6 Å². The summed E-state index contributed by atoms with van der Waals surface area (Å²) in [5, 5.41) is 0. The molecule has 0 saturated carbocycles. The average molecular weight is 297 g/mol. The lowest BCUT2D eigenvalue weighted by Gasteiger charge is -2.34. The van der Waals surface area contributed by atoms with E-state index >= 15 is 0 Å². The quantitative estimate of drug-likeness (QED) is 0.609. The minimum Gasteiger partial charge on any atom is -0.311 e. The van der Waals surface area contributed by atoms with E-state index in [9.17, 15) is 4.79 Å². The zero-order chi connectivity index (χ0) is 16.2. The number of carbonyl (C=O) groups is 1. The molecular formula is C19H25N2O+. The summed E-state index contributed by atoms with van der Waals surface area (Å²) in [6, 6.07) is 17.7. The predicted molar refractivity (Wildman–Crippen MR) is 91.9 cm³/mol. The van der Waals surface area contributed by atoms with Gasteiger partial charge in [0, 0.05) is 11.3 Å². The van der Waals surface area contributed by atoms with Crippen LogP contribution in [0.25, 0.3) is 0 Å². The molecule has 0 aliphatic heterocycles. The number of aryl methyl sites for hydroxylation is 1. The molecule has 0 bridgehead atoms. The fourth-order valence-electron chi connectivity index (χ4n) is 2.21. The number of para-hydroxylation sites is 1. The standard InChI is InChI=1S/C19H25N2O/c1-5-21(3,4)15-20(18-9-7-6-8-10-18)19(22)17-13-11-16(2)12-14-17/h6-14H,5,15H2,1-4H3/q+1. The molecule has 2 aromatic carbocycles. The van der Waals surface area contributed by atoms with Crippen LogP contribution in [0.4, 0.5) is 5.69 Å². The highest BCUT2D eigenvalue weighted by Gasteiger charge is 2.24. The van der Waals surface area contributed by atoms with E-state index in [0.29, 0.717) is 6.67 Å². The van der Waals surface area contributed by atoms with Crippen molar-refractivity contribution in [2.45, 2.75) is 13.8 Å². The van der Waals surface area contributed by atoms with Crippen LogP contribution in [0.1, 0.15) is 22.8 Å². The monoisotopic (exact) mass is 297 g/mol. The third-order valence-corrected chi connectivity index (χ3v) is 3.99. The van der Waals surface area contributed by atoms with Crippen molar-refractivity contribution in [3.8, 4) is 0 Å². The van der Waals surface area contributed by atoms with E-state index in [1.807, 2.05) is 66.4 Å². The summed E-state index contributed by atoms with van der Waals surface area (Å²) in [7, 11) is 4.27. The Bertz CT molecular complexity index is 618. The minimum absolute atomic E-state index is 0.0471. The van der Waals surface area contributed by atoms with Crippen LogP contribution in [0.5, 0.6) is 0 Å². The van der Waals surface area contributed by atoms with E-state index < -0.39 is 0 Å². The molecule has 3 heteroatoms. The van der Waals surface area contributed by atoms with Gasteiger partial charge in [0.25, 0.3) is 5.91 Å². The smallest absolute Gasteiger partial charge is 0.262 e. The van der Waals surface area contributed by atoms with E-state index in [1.54, 1.807) is 0 Å². The minimum atomic E-state index is 0.0471. The summed E-state index contributed by atoms with van der Waals surface area (Å²) in [4.78, 5) is 14.8. The molecule has 0 saturated heterocycles. The van der Waals surface area contributed by atoms with Crippen LogP contribution in [0.2, 0.25) is 0 Å². The van der Waals surface area contributed by atoms with Gasteiger partial charge in [0.15, 0.2) is 6.67 Å². The van der Waals surface area contributed by atoms with Gasteiger partial charge in [0.1, 0.15) is 0 Å². The first-order chi connectivity index (χ1) is 10.4. The third kappa shape index (κ3) is 3.95. The Balaban J connectivity index is 2.35. The predicted octanol–water partition coefficient (Wildman–Crippen LogP) is 3.70. The highest BCUT2D eigenvalue weighted by atomic mass is 16.2. The lowest BCUT2D eigenvalue weighted by Crippen LogP contribution is -2.50. The van der Waals surface area contributed by atoms with Gasteiger partial charge in [-0.25, -0.2) is 0 Å². The summed E-state index contributed by atoms with van der Waals surface area (Å²) in [5.41, 5.74) is 2.82. The van der Waals surface area contributed by atoms with Crippen molar-refractivity contribution in [2.24, 2.45) is 0 Å². The van der Waals surface area contributed by atoms with Crippen LogP contribution < -0.4 is 4.90 Å². The molecule has 3 nitrogen and oxygen atoms in total. The first kappa shape index (κ1) is 16.2. The first-order valence-electron chi connectivity index (χ1n) is 7.68. The van der Waals surface area contributed by atoms with E-state index in [-0.39, 0.29) is 5.91 Å². The Kier molecular flexibility index (Phi) is 4.99. The lowest BCUT2D eigenvalue weighted by atomic mass is 10.1. The van der Waals surface area contributed by atoms with Gasteiger partial charge in [-0.15, -0.1) is 0 Å². The van der Waals surface area contributed by atoms with Gasteiger partial charge < -0.3 is 4.48 Å². The maximum absolute atomic E-state index is 13.0. The van der Waals surface area contributed by atoms with E-state index in [1.165, 1.54) is 0 Å². The third-order valence-electron chi connectivity index (χ3n) is 3.99. The van der Waals surface area contributed by atoms with E-state index in [0.717, 1.165) is 27.8 Å². The van der Waals surface area contributed by atoms with Crippen molar-refractivity contribution in [3.05, 3.63) is 65.7 Å². The number of quaternary nitrogens is 1. The van der Waals surface area contributed by atoms with Gasteiger partial charge in [0.2, 0.25) is 0 Å². The van der Waals surface area contributed by atoms with Gasteiger partial charge in [-0.3, -0.25) is 9.69 Å². The summed E-state index contributed by atoms with van der Waals surface area (Å²) < 4.78 is 0.756. The second-order valence-electron chi connectivity index (χ2n) is 6.33. The second kappa shape index (κ2) is 6.75. The fourth-order valence-corrected chi connectivity index (χ4v) is 2.21. The highest BCUT2D eigenvalue weighted by molar-refractivity contribution is 6.05. The fraction of sp³-hybridized carbons (Fsp3) is 0.316. The van der Waals surface area contributed by atoms with Crippen LogP contribution in [0, 0.1) is 6.92 Å². The number of hydrogen-bond acceptors (Lipinski definition) is 1. The van der Waals surface area contributed by atoms with Gasteiger partial charge in [-0.05, 0) is 38.1 Å². The molecule has 0 unspecified atom stereocenters. The maximum atomic E-state index is 13.0. The number of rotatable bonds is 5. The SMILES string of the molecule is CC[N+](C)(C)CN(C(=O)c1ccc(C)cc1)c1ccccc1. The number of benzene rings is 2. The molecule has 116 valence electrons. The Labute approximate surface area is 133 Å². The molecule has 0 fully saturated rings. The van der Waals surface area contributed by atoms with Crippen LogP contribution in [0.15, 0.2) is 54.6 Å². The molecular weight excluding hydrogens is 272 g/mol. The molecule has 0 spiro atoms. The molecule has 0 aliphatic carbocycles. The van der Waals surface area contributed by atoms with Crippen molar-refractivity contribution in [1.29, 1.82) is 0 Å². The van der Waals surface area contributed by atoms with Crippen LogP contribution in [0.3, 0.4) is 0 Å². The molecule has 0 aromatic heterocycles. The average Bonchev–Trinajstić information content (AvgIpc) is 2.53. The van der Waals surface area contributed by atoms with Gasteiger partial charge in [-0.2, -0.15) is 0 Å². The molecule has 2 aromatic rings. The van der Waals surface area contributed by atoms with Crippen LogP contribution >= 0.6 is 0 Å². The van der Waals surface area contributed by atoms with E-state index in [2.05, 4.69) is 21.0 Å². The number of carbonyl (C=O) groups excluding carboxylic acids is 1. The van der Waals surface area contributed by atoms with Crippen molar-refractivity contribution in [1.82, 2.24) is 0 Å². The number of anilines is 1. The van der Waals surface area contributed by atoms with Crippen LogP contribution in [-0.2, 0) is 0 Å². The largest absolute Gasteiger partial charge is 0.311 e. The topological polar surface area (TPSA) is 20.3 Å². The number of amides is 1. The number of nitrogens with zero attached hydrogens (tertiary/aromatic N) is 2. The summed E-state index contributed by atoms with van der Waals surface area (Å²) in [6.07, 6.45) is 0. The van der Waals surface area contributed by atoms with Crippen molar-refractivity contribution in [2.75, 3.05) is 32.2 Å². The Morgan fingerprint density at radius 3 is 2.14 bits per heavy atom. The molecule has 1 amide bonds. The molecule has 0 atom stereocenters. The second-order valence-corrected chi connectivity index (χ2v) is 6.33. The molecule has 0 heterocycles. The first-order valence-corrected chi connectivity index (χ1v) is 7.68. The van der Waals surface area contributed by atoms with Crippen LogP contribution in [-0.4, -0.2) is 37.7 Å². The summed E-state index contributed by atoms with van der Waals surface area (Å²) in [5.74, 6) is 0.0471. The Hall–Kier alpha value is -2.13. The zero-order valence-electron chi connectivity index (χ0n) is 13.9.